The fraction of sp³-hybridized carbons (Fsp3) is 0.450. The highest BCUT2D eigenvalue weighted by molar-refractivity contribution is 8.00. The fourth-order valence-corrected chi connectivity index (χ4v) is 3.89. The highest BCUT2D eigenvalue weighted by Gasteiger charge is 2.21. The Morgan fingerprint density at radius 3 is 2.59 bits per heavy atom. The van der Waals surface area contributed by atoms with E-state index >= 15 is 0 Å². The molecule has 5 nitrogen and oxygen atoms in total. The molecule has 0 aliphatic heterocycles. The van der Waals surface area contributed by atoms with Crippen molar-refractivity contribution in [3.63, 3.8) is 0 Å². The second kappa shape index (κ2) is 10.6. The van der Waals surface area contributed by atoms with E-state index in [4.69, 9.17) is 4.74 Å². The molecular formula is C20H27N3O2S2. The smallest absolute Gasteiger partial charge is 0.319 e. The number of hydrogen-bond acceptors (Lipinski definition) is 6. The predicted octanol–water partition coefficient (Wildman–Crippen LogP) is 4.74. The van der Waals surface area contributed by atoms with E-state index in [0.29, 0.717) is 30.0 Å². The summed E-state index contributed by atoms with van der Waals surface area (Å²) in [6.45, 7) is 12.8. The minimum atomic E-state index is -0.339. The third-order valence-electron chi connectivity index (χ3n) is 3.67. The molecule has 0 radical (unpaired) electrons. The van der Waals surface area contributed by atoms with Gasteiger partial charge in [0.15, 0.2) is 5.16 Å². The van der Waals surface area contributed by atoms with Gasteiger partial charge in [0, 0.05) is 11.4 Å². The van der Waals surface area contributed by atoms with Gasteiger partial charge in [-0.1, -0.05) is 49.4 Å². The largest absolute Gasteiger partial charge is 0.465 e. The molecule has 2 rings (SSSR count). The van der Waals surface area contributed by atoms with E-state index in [9.17, 15) is 4.79 Å². The molecule has 0 amide bonds. The van der Waals surface area contributed by atoms with Gasteiger partial charge < -0.3 is 9.30 Å². The molecule has 146 valence electrons. The van der Waals surface area contributed by atoms with Gasteiger partial charge in [0.1, 0.15) is 11.1 Å². The number of aromatic nitrogens is 3. The van der Waals surface area contributed by atoms with E-state index in [1.807, 2.05) is 31.4 Å². The average Bonchev–Trinajstić information content (AvgIpc) is 3.01. The maximum atomic E-state index is 12.1. The molecule has 1 unspecified atom stereocenters. The van der Waals surface area contributed by atoms with Crippen LogP contribution < -0.4 is 0 Å². The van der Waals surface area contributed by atoms with Crippen molar-refractivity contribution in [2.75, 3.05) is 6.61 Å². The molecule has 0 aliphatic rings. The van der Waals surface area contributed by atoms with E-state index in [1.54, 1.807) is 11.8 Å². The molecule has 0 aliphatic carbocycles. The Morgan fingerprint density at radius 1 is 1.26 bits per heavy atom. The maximum Gasteiger partial charge on any atom is 0.319 e. The van der Waals surface area contributed by atoms with E-state index < -0.39 is 0 Å². The lowest BCUT2D eigenvalue weighted by Gasteiger charge is -2.13. The van der Waals surface area contributed by atoms with Crippen molar-refractivity contribution in [3.8, 4) is 0 Å². The Balaban J connectivity index is 2.03. The quantitative estimate of drug-likeness (QED) is 0.323. The summed E-state index contributed by atoms with van der Waals surface area (Å²) in [7, 11) is 0. The normalized spacial score (nSPS) is 12.2. The van der Waals surface area contributed by atoms with Gasteiger partial charge in [0.05, 0.1) is 12.4 Å². The molecule has 0 bridgehead atoms. The summed E-state index contributed by atoms with van der Waals surface area (Å²) < 4.78 is 7.32. The summed E-state index contributed by atoms with van der Waals surface area (Å²) in [5.41, 5.74) is 1.24. The molecule has 1 aromatic carbocycles. The van der Waals surface area contributed by atoms with Crippen LogP contribution in [-0.4, -0.2) is 32.6 Å². The van der Waals surface area contributed by atoms with Crippen LogP contribution in [0.25, 0.3) is 0 Å². The van der Waals surface area contributed by atoms with Crippen LogP contribution in [0.2, 0.25) is 0 Å². The second-order valence-electron chi connectivity index (χ2n) is 6.68. The second-order valence-corrected chi connectivity index (χ2v) is 9.04. The summed E-state index contributed by atoms with van der Waals surface area (Å²) in [6.07, 6.45) is 1.81. The van der Waals surface area contributed by atoms with Crippen molar-refractivity contribution < 1.29 is 9.53 Å². The van der Waals surface area contributed by atoms with Crippen LogP contribution in [0.3, 0.4) is 0 Å². The summed E-state index contributed by atoms with van der Waals surface area (Å²) in [5.74, 6) is 1.67. The monoisotopic (exact) mass is 405 g/mol. The number of nitrogens with zero attached hydrogens (tertiary/aromatic N) is 3. The Bertz CT molecular complexity index is 757. The molecule has 0 saturated carbocycles. The van der Waals surface area contributed by atoms with Crippen molar-refractivity contribution >= 4 is 29.5 Å². The van der Waals surface area contributed by atoms with Crippen LogP contribution >= 0.6 is 23.5 Å². The number of rotatable bonds is 10. The van der Waals surface area contributed by atoms with Crippen molar-refractivity contribution in [1.29, 1.82) is 0 Å². The lowest BCUT2D eigenvalue weighted by Crippen LogP contribution is -2.20. The number of aryl methyl sites for hydroxylation is 1. The van der Waals surface area contributed by atoms with Gasteiger partial charge >= 0.3 is 5.97 Å². The average molecular weight is 406 g/mol. The van der Waals surface area contributed by atoms with E-state index in [0.717, 1.165) is 5.82 Å². The zero-order chi connectivity index (χ0) is 19.8. The Hall–Kier alpha value is -1.73. The maximum absolute atomic E-state index is 12.1. The van der Waals surface area contributed by atoms with Crippen LogP contribution in [0.5, 0.6) is 0 Å². The molecular weight excluding hydrogens is 378 g/mol. The first-order valence-corrected chi connectivity index (χ1v) is 10.8. The zero-order valence-electron chi connectivity index (χ0n) is 16.3. The first-order chi connectivity index (χ1) is 12.9. The van der Waals surface area contributed by atoms with Gasteiger partial charge in [0.25, 0.3) is 0 Å². The topological polar surface area (TPSA) is 57.0 Å². The van der Waals surface area contributed by atoms with Crippen LogP contribution in [0.15, 0.2) is 47.0 Å². The van der Waals surface area contributed by atoms with Gasteiger partial charge in [-0.2, -0.15) is 0 Å². The van der Waals surface area contributed by atoms with Crippen molar-refractivity contribution in [2.24, 2.45) is 5.92 Å². The molecule has 0 fully saturated rings. The number of carbonyl (C=O) groups is 1. The first-order valence-electron chi connectivity index (χ1n) is 8.96. The molecule has 1 atom stereocenters. The van der Waals surface area contributed by atoms with Gasteiger partial charge in [-0.3, -0.25) is 4.79 Å². The number of ether oxygens (including phenoxy) is 1. The molecule has 27 heavy (non-hydrogen) atoms. The third-order valence-corrected chi connectivity index (χ3v) is 5.73. The molecule has 1 aromatic heterocycles. The van der Waals surface area contributed by atoms with Gasteiger partial charge in [-0.25, -0.2) is 0 Å². The number of esters is 1. The fourth-order valence-electron chi connectivity index (χ4n) is 2.18. The minimum absolute atomic E-state index is 0.225. The van der Waals surface area contributed by atoms with Crippen molar-refractivity contribution in [3.05, 3.63) is 48.3 Å². The number of carbonyl (C=O) groups excluding carboxylic acids is 1. The number of allylic oxidation sites excluding steroid dienone is 1. The Morgan fingerprint density at radius 2 is 1.96 bits per heavy atom. The standard InChI is InChI=1S/C20H27N3O2S2/c1-6-11-23-18(13-26-17-9-7-15(4)8-10-17)21-22-20(23)27-16(5)19(24)25-12-14(2)3/h6-10,14,16H,1,11-13H2,2-5H3. The lowest BCUT2D eigenvalue weighted by molar-refractivity contribution is -0.143. The number of benzene rings is 1. The third kappa shape index (κ3) is 6.74. The van der Waals surface area contributed by atoms with Crippen LogP contribution in [-0.2, 0) is 21.8 Å². The number of hydrogen-bond donors (Lipinski definition) is 0. The molecule has 7 heteroatoms. The van der Waals surface area contributed by atoms with E-state index in [1.165, 1.54) is 22.2 Å². The van der Waals surface area contributed by atoms with Crippen LogP contribution in [0, 0.1) is 12.8 Å². The van der Waals surface area contributed by atoms with Crippen molar-refractivity contribution in [2.45, 2.75) is 55.3 Å². The summed E-state index contributed by atoms with van der Waals surface area (Å²) in [6, 6.07) is 8.42. The predicted molar refractivity (Wildman–Crippen MR) is 112 cm³/mol. The summed E-state index contributed by atoms with van der Waals surface area (Å²) >= 11 is 3.09. The Kier molecular flexibility index (Phi) is 8.44. The summed E-state index contributed by atoms with van der Waals surface area (Å²) in [5, 5.41) is 8.98. The molecule has 0 N–H and O–H groups in total. The van der Waals surface area contributed by atoms with Crippen LogP contribution in [0.1, 0.15) is 32.2 Å². The molecule has 0 saturated heterocycles. The highest BCUT2D eigenvalue weighted by atomic mass is 32.2. The zero-order valence-corrected chi connectivity index (χ0v) is 18.0. The van der Waals surface area contributed by atoms with E-state index in [2.05, 4.69) is 48.0 Å². The SMILES string of the molecule is C=CCn1c(CSc2ccc(C)cc2)nnc1SC(C)C(=O)OCC(C)C. The molecule has 0 spiro atoms. The lowest BCUT2D eigenvalue weighted by atomic mass is 10.2. The first kappa shape index (κ1) is 21.6. The van der Waals surface area contributed by atoms with Crippen molar-refractivity contribution in [1.82, 2.24) is 14.8 Å². The highest BCUT2D eigenvalue weighted by Crippen LogP contribution is 2.27. The Labute approximate surface area is 170 Å². The van der Waals surface area contributed by atoms with Gasteiger partial charge in [-0.15, -0.1) is 28.5 Å². The van der Waals surface area contributed by atoms with E-state index in [-0.39, 0.29) is 11.2 Å². The minimum Gasteiger partial charge on any atom is -0.465 e. The van der Waals surface area contributed by atoms with Crippen LogP contribution in [0.4, 0.5) is 0 Å². The summed E-state index contributed by atoms with van der Waals surface area (Å²) in [4.78, 5) is 13.3. The van der Waals surface area contributed by atoms with Gasteiger partial charge in [0.2, 0.25) is 0 Å². The van der Waals surface area contributed by atoms with Gasteiger partial charge in [-0.05, 0) is 31.9 Å². The molecule has 1 heterocycles. The number of thioether (sulfide) groups is 2. The molecule has 2 aromatic rings.